The lowest BCUT2D eigenvalue weighted by Crippen LogP contribution is -2.31. The number of rotatable bonds is 9. The largest absolute Gasteiger partial charge is 0.492 e. The van der Waals surface area contributed by atoms with Crippen molar-refractivity contribution in [2.45, 2.75) is 6.92 Å². The number of nitrogens with one attached hydrogen (secondary N) is 1. The van der Waals surface area contributed by atoms with E-state index in [4.69, 9.17) is 18.9 Å². The number of carbonyl (C=O) groups excluding carboxylic acids is 2. The monoisotopic (exact) mass is 389 g/mol. The number of benzene rings is 1. The average molecular weight is 390 g/mol. The number of ether oxygens (including phenoxy) is 4. The van der Waals surface area contributed by atoms with Gasteiger partial charge in [0, 0.05) is 13.7 Å². The Labute approximate surface area is 143 Å². The van der Waals surface area contributed by atoms with Crippen LogP contribution in [0.5, 0.6) is 11.5 Å². The van der Waals surface area contributed by atoms with E-state index in [-0.39, 0.29) is 12.2 Å². The van der Waals surface area contributed by atoms with Crippen LogP contribution >= 0.6 is 15.9 Å². The smallest absolute Gasteiger partial charge is 0.338 e. The molecule has 1 N–H and O–H groups in total. The predicted molar refractivity (Wildman–Crippen MR) is 87.0 cm³/mol. The minimum absolute atomic E-state index is 0.255. The highest BCUT2D eigenvalue weighted by atomic mass is 79.9. The molecule has 0 radical (unpaired) electrons. The number of halogens is 1. The van der Waals surface area contributed by atoms with Gasteiger partial charge in [0.25, 0.3) is 5.91 Å². The maximum atomic E-state index is 12.0. The first-order valence-electron chi connectivity index (χ1n) is 6.96. The average Bonchev–Trinajstić information content (AvgIpc) is 2.53. The molecule has 0 saturated carbocycles. The minimum Gasteiger partial charge on any atom is -0.492 e. The Bertz CT molecular complexity index is 549. The molecule has 1 amide bonds. The lowest BCUT2D eigenvalue weighted by molar-refractivity contribution is -0.124. The van der Waals surface area contributed by atoms with E-state index in [1.54, 1.807) is 6.07 Å². The molecule has 1 rings (SSSR count). The third kappa shape index (κ3) is 6.07. The Hall–Kier alpha value is -1.80. The van der Waals surface area contributed by atoms with Gasteiger partial charge >= 0.3 is 5.97 Å². The molecule has 0 saturated heterocycles. The van der Waals surface area contributed by atoms with Crippen LogP contribution in [0, 0.1) is 0 Å². The van der Waals surface area contributed by atoms with Crippen molar-refractivity contribution >= 4 is 27.8 Å². The van der Waals surface area contributed by atoms with Crippen LogP contribution in [0.1, 0.15) is 17.3 Å². The molecule has 0 unspecified atom stereocenters. The fourth-order valence-corrected chi connectivity index (χ4v) is 2.31. The standard InChI is InChI=1S/C15H20BrNO6/c1-4-22-12-8-10(7-11(16)14(12)21-3)15(19)23-9-13(18)17-5-6-20-2/h7-8H,4-6,9H2,1-3H3,(H,17,18). The summed E-state index contributed by atoms with van der Waals surface area (Å²) >= 11 is 3.31. The zero-order valence-corrected chi connectivity index (χ0v) is 14.9. The van der Waals surface area contributed by atoms with Gasteiger partial charge in [-0.3, -0.25) is 4.79 Å². The van der Waals surface area contributed by atoms with Crippen LogP contribution < -0.4 is 14.8 Å². The Morgan fingerprint density at radius 3 is 2.61 bits per heavy atom. The van der Waals surface area contributed by atoms with Crippen LogP contribution in [0.25, 0.3) is 0 Å². The van der Waals surface area contributed by atoms with Crippen LogP contribution in [0.3, 0.4) is 0 Å². The second kappa shape index (κ2) is 10.1. The van der Waals surface area contributed by atoms with Gasteiger partial charge in [0.2, 0.25) is 0 Å². The van der Waals surface area contributed by atoms with E-state index in [1.807, 2.05) is 6.92 Å². The van der Waals surface area contributed by atoms with Crippen LogP contribution in [0.2, 0.25) is 0 Å². The van der Waals surface area contributed by atoms with E-state index in [0.29, 0.717) is 35.7 Å². The number of amides is 1. The fourth-order valence-electron chi connectivity index (χ4n) is 1.70. The normalized spacial score (nSPS) is 10.1. The molecule has 0 aromatic heterocycles. The van der Waals surface area contributed by atoms with Crippen molar-refractivity contribution in [2.75, 3.05) is 40.6 Å². The number of carbonyl (C=O) groups is 2. The van der Waals surface area contributed by atoms with Crippen molar-refractivity contribution < 1.29 is 28.5 Å². The first-order valence-corrected chi connectivity index (χ1v) is 7.75. The van der Waals surface area contributed by atoms with Crippen molar-refractivity contribution in [1.82, 2.24) is 5.32 Å². The first-order chi connectivity index (χ1) is 11.0. The molecule has 0 aliphatic rings. The summed E-state index contributed by atoms with van der Waals surface area (Å²) in [6.07, 6.45) is 0. The highest BCUT2D eigenvalue weighted by molar-refractivity contribution is 9.10. The molecule has 8 heteroatoms. The second-order valence-electron chi connectivity index (χ2n) is 4.34. The third-order valence-corrected chi connectivity index (χ3v) is 3.30. The van der Waals surface area contributed by atoms with Gasteiger partial charge in [-0.05, 0) is 35.0 Å². The van der Waals surface area contributed by atoms with Gasteiger partial charge in [0.1, 0.15) is 0 Å². The molecule has 23 heavy (non-hydrogen) atoms. The number of hydrogen-bond donors (Lipinski definition) is 1. The number of methoxy groups -OCH3 is 2. The summed E-state index contributed by atoms with van der Waals surface area (Å²) in [4.78, 5) is 23.5. The zero-order chi connectivity index (χ0) is 17.2. The molecule has 0 aliphatic heterocycles. The molecule has 0 heterocycles. The van der Waals surface area contributed by atoms with E-state index >= 15 is 0 Å². The Kier molecular flexibility index (Phi) is 8.42. The van der Waals surface area contributed by atoms with Crippen LogP contribution in [-0.2, 0) is 14.3 Å². The minimum atomic E-state index is -0.629. The van der Waals surface area contributed by atoms with E-state index in [2.05, 4.69) is 21.2 Å². The maximum absolute atomic E-state index is 12.0. The topological polar surface area (TPSA) is 83.1 Å². The summed E-state index contributed by atoms with van der Waals surface area (Å²) in [6.45, 7) is 2.63. The number of hydrogen-bond acceptors (Lipinski definition) is 6. The molecule has 128 valence electrons. The summed E-state index contributed by atoms with van der Waals surface area (Å²) < 4.78 is 21.0. The molecule has 1 aromatic rings. The van der Waals surface area contributed by atoms with Gasteiger partial charge in [-0.2, -0.15) is 0 Å². The van der Waals surface area contributed by atoms with E-state index in [1.165, 1.54) is 20.3 Å². The molecule has 0 atom stereocenters. The third-order valence-electron chi connectivity index (χ3n) is 2.71. The van der Waals surface area contributed by atoms with Crippen LogP contribution in [0.4, 0.5) is 0 Å². The van der Waals surface area contributed by atoms with Gasteiger partial charge < -0.3 is 24.3 Å². The fraction of sp³-hybridized carbons (Fsp3) is 0.467. The van der Waals surface area contributed by atoms with Crippen LogP contribution in [-0.4, -0.2) is 52.5 Å². The van der Waals surface area contributed by atoms with E-state index in [9.17, 15) is 9.59 Å². The Morgan fingerprint density at radius 2 is 2.00 bits per heavy atom. The van der Waals surface area contributed by atoms with Crippen molar-refractivity contribution in [3.63, 3.8) is 0 Å². The van der Waals surface area contributed by atoms with Crippen molar-refractivity contribution in [2.24, 2.45) is 0 Å². The van der Waals surface area contributed by atoms with Crippen LogP contribution in [0.15, 0.2) is 16.6 Å². The van der Waals surface area contributed by atoms with Crippen molar-refractivity contribution in [3.8, 4) is 11.5 Å². The Balaban J connectivity index is 2.70. The highest BCUT2D eigenvalue weighted by Crippen LogP contribution is 2.36. The first kappa shape index (κ1) is 19.2. The molecule has 0 bridgehead atoms. The number of esters is 1. The van der Waals surface area contributed by atoms with Gasteiger partial charge in [0.15, 0.2) is 18.1 Å². The summed E-state index contributed by atoms with van der Waals surface area (Å²) in [7, 11) is 3.04. The van der Waals surface area contributed by atoms with Gasteiger partial charge in [-0.1, -0.05) is 0 Å². The summed E-state index contributed by atoms with van der Waals surface area (Å²) in [5.41, 5.74) is 0.255. The molecule has 0 spiro atoms. The SMILES string of the molecule is CCOc1cc(C(=O)OCC(=O)NCCOC)cc(Br)c1OC. The molecule has 1 aromatic carbocycles. The lowest BCUT2D eigenvalue weighted by Gasteiger charge is -2.13. The summed E-state index contributed by atoms with van der Waals surface area (Å²) in [5.74, 6) is -0.120. The van der Waals surface area contributed by atoms with E-state index < -0.39 is 11.9 Å². The molecule has 0 aliphatic carbocycles. The lowest BCUT2D eigenvalue weighted by atomic mass is 10.2. The predicted octanol–water partition coefficient (Wildman–Crippen LogP) is 1.78. The van der Waals surface area contributed by atoms with E-state index in [0.717, 1.165) is 0 Å². The van der Waals surface area contributed by atoms with Gasteiger partial charge in [0.05, 0.1) is 30.4 Å². The van der Waals surface area contributed by atoms with Gasteiger partial charge in [-0.15, -0.1) is 0 Å². The van der Waals surface area contributed by atoms with Crippen molar-refractivity contribution in [3.05, 3.63) is 22.2 Å². The summed E-state index contributed by atoms with van der Waals surface area (Å²) in [5, 5.41) is 2.56. The molecular formula is C15H20BrNO6. The molecular weight excluding hydrogens is 370 g/mol. The van der Waals surface area contributed by atoms with Gasteiger partial charge in [-0.25, -0.2) is 4.79 Å². The van der Waals surface area contributed by atoms with Crippen molar-refractivity contribution in [1.29, 1.82) is 0 Å². The molecule has 7 nitrogen and oxygen atoms in total. The highest BCUT2D eigenvalue weighted by Gasteiger charge is 2.17. The second-order valence-corrected chi connectivity index (χ2v) is 5.20. The zero-order valence-electron chi connectivity index (χ0n) is 13.3. The summed E-state index contributed by atoms with van der Waals surface area (Å²) in [6, 6.07) is 3.06. The Morgan fingerprint density at radius 1 is 1.26 bits per heavy atom. The quantitative estimate of drug-likeness (QED) is 0.511. The maximum Gasteiger partial charge on any atom is 0.338 e. The molecule has 0 fully saturated rings.